The van der Waals surface area contributed by atoms with E-state index in [9.17, 15) is 18.4 Å². The van der Waals surface area contributed by atoms with Crippen molar-refractivity contribution < 1.29 is 27.5 Å². The van der Waals surface area contributed by atoms with Crippen molar-refractivity contribution in [1.29, 1.82) is 0 Å². The van der Waals surface area contributed by atoms with Gasteiger partial charge in [-0.1, -0.05) is 12.1 Å². The van der Waals surface area contributed by atoms with E-state index in [-0.39, 0.29) is 30.3 Å². The van der Waals surface area contributed by atoms with E-state index in [1.807, 2.05) is 0 Å². The third-order valence-electron chi connectivity index (χ3n) is 4.64. The van der Waals surface area contributed by atoms with Crippen LogP contribution in [0.5, 0.6) is 5.75 Å². The van der Waals surface area contributed by atoms with Crippen LogP contribution in [0.3, 0.4) is 0 Å². The largest absolute Gasteiger partial charge is 0.462 e. The van der Waals surface area contributed by atoms with E-state index in [1.165, 1.54) is 34.4 Å². The number of carbonyl (C=O) groups is 2. The number of hydrogen-bond donors (Lipinski definition) is 0. The first-order chi connectivity index (χ1) is 14.5. The SMILES string of the molecule is O=C(c1csc(-c2ccco2)n1)N1CCN(C(=O)c2ccccc2OC(F)F)CC1. The Balaban J connectivity index is 1.39. The van der Waals surface area contributed by atoms with E-state index in [0.29, 0.717) is 29.6 Å². The number of furan rings is 1. The van der Waals surface area contributed by atoms with Gasteiger partial charge in [0, 0.05) is 31.6 Å². The number of ether oxygens (including phenoxy) is 1. The van der Waals surface area contributed by atoms with E-state index < -0.39 is 12.5 Å². The summed E-state index contributed by atoms with van der Waals surface area (Å²) in [6, 6.07) is 9.41. The molecule has 7 nitrogen and oxygen atoms in total. The number of aromatic nitrogens is 1. The van der Waals surface area contributed by atoms with E-state index in [2.05, 4.69) is 9.72 Å². The fourth-order valence-corrected chi connectivity index (χ4v) is 3.93. The highest BCUT2D eigenvalue weighted by molar-refractivity contribution is 7.13. The maximum Gasteiger partial charge on any atom is 0.387 e. The van der Waals surface area contributed by atoms with E-state index >= 15 is 0 Å². The van der Waals surface area contributed by atoms with Crippen molar-refractivity contribution in [3.8, 4) is 16.5 Å². The second-order valence-electron chi connectivity index (χ2n) is 6.47. The molecule has 0 spiro atoms. The summed E-state index contributed by atoms with van der Waals surface area (Å²) in [4.78, 5) is 33.0. The molecule has 30 heavy (non-hydrogen) atoms. The Kier molecular flexibility index (Phi) is 5.75. The summed E-state index contributed by atoms with van der Waals surface area (Å²) in [5.74, 6) is -0.201. The molecule has 156 valence electrons. The number of alkyl halides is 2. The molecule has 1 aromatic carbocycles. The molecule has 2 amide bonds. The molecule has 4 rings (SSSR count). The number of carbonyl (C=O) groups excluding carboxylic acids is 2. The molecular formula is C20H17F2N3O4S. The Labute approximate surface area is 174 Å². The zero-order valence-corrected chi connectivity index (χ0v) is 16.5. The quantitative estimate of drug-likeness (QED) is 0.615. The second kappa shape index (κ2) is 8.62. The van der Waals surface area contributed by atoms with Crippen LogP contribution < -0.4 is 4.74 Å². The van der Waals surface area contributed by atoms with Gasteiger partial charge in [0.05, 0.1) is 11.8 Å². The van der Waals surface area contributed by atoms with Gasteiger partial charge >= 0.3 is 6.61 Å². The Bertz CT molecular complexity index is 1030. The molecule has 0 saturated carbocycles. The average molecular weight is 433 g/mol. The fraction of sp³-hybridized carbons (Fsp3) is 0.250. The number of rotatable bonds is 5. The highest BCUT2D eigenvalue weighted by atomic mass is 32.1. The lowest BCUT2D eigenvalue weighted by molar-refractivity contribution is -0.0503. The molecule has 1 fully saturated rings. The van der Waals surface area contributed by atoms with Crippen molar-refractivity contribution >= 4 is 23.2 Å². The third-order valence-corrected chi connectivity index (χ3v) is 5.50. The molecule has 3 heterocycles. The van der Waals surface area contributed by atoms with Gasteiger partial charge in [-0.25, -0.2) is 4.98 Å². The molecule has 0 atom stereocenters. The predicted molar refractivity (Wildman–Crippen MR) is 105 cm³/mol. The molecule has 1 aliphatic heterocycles. The molecule has 0 unspecified atom stereocenters. The van der Waals surface area contributed by atoms with Crippen LogP contribution in [0.1, 0.15) is 20.8 Å². The summed E-state index contributed by atoms with van der Waals surface area (Å²) in [7, 11) is 0. The maximum atomic E-state index is 12.8. The first-order valence-corrected chi connectivity index (χ1v) is 10.0. The van der Waals surface area contributed by atoms with E-state index in [1.54, 1.807) is 34.7 Å². The molecule has 1 saturated heterocycles. The lowest BCUT2D eigenvalue weighted by atomic mass is 10.1. The molecule has 2 aromatic heterocycles. The Morgan fingerprint density at radius 1 is 1.03 bits per heavy atom. The van der Waals surface area contributed by atoms with Gasteiger partial charge in [-0.15, -0.1) is 11.3 Å². The Hall–Kier alpha value is -3.27. The van der Waals surface area contributed by atoms with Gasteiger partial charge in [-0.2, -0.15) is 8.78 Å². The van der Waals surface area contributed by atoms with Crippen LogP contribution >= 0.6 is 11.3 Å². The van der Waals surface area contributed by atoms with Crippen LogP contribution in [-0.2, 0) is 0 Å². The first kappa shape index (κ1) is 20.0. The smallest absolute Gasteiger partial charge is 0.387 e. The molecule has 0 bridgehead atoms. The minimum atomic E-state index is -3.02. The van der Waals surface area contributed by atoms with Crippen molar-refractivity contribution in [3.05, 3.63) is 59.3 Å². The molecule has 0 N–H and O–H groups in total. The number of nitrogens with zero attached hydrogens (tertiary/aromatic N) is 3. The van der Waals surface area contributed by atoms with E-state index in [4.69, 9.17) is 4.42 Å². The summed E-state index contributed by atoms with van der Waals surface area (Å²) in [6.45, 7) is -1.82. The number of amides is 2. The second-order valence-corrected chi connectivity index (χ2v) is 7.33. The summed E-state index contributed by atoms with van der Waals surface area (Å²) in [5.41, 5.74) is 0.391. The monoisotopic (exact) mass is 433 g/mol. The molecule has 1 aliphatic rings. The molecule has 3 aromatic rings. The lowest BCUT2D eigenvalue weighted by Crippen LogP contribution is -2.50. The molecule has 0 radical (unpaired) electrons. The fourth-order valence-electron chi connectivity index (χ4n) is 3.17. The van der Waals surface area contributed by atoms with Gasteiger partial charge in [0.25, 0.3) is 11.8 Å². The normalized spacial score (nSPS) is 14.2. The van der Waals surface area contributed by atoms with Gasteiger partial charge in [0.2, 0.25) is 0 Å². The third kappa shape index (κ3) is 4.18. The van der Waals surface area contributed by atoms with E-state index in [0.717, 1.165) is 0 Å². The number of benzene rings is 1. The van der Waals surface area contributed by atoms with Crippen LogP contribution in [0.25, 0.3) is 10.8 Å². The number of halogens is 2. The number of thiazole rings is 1. The maximum absolute atomic E-state index is 12.8. The van der Waals surface area contributed by atoms with Crippen molar-refractivity contribution in [2.75, 3.05) is 26.2 Å². The minimum Gasteiger partial charge on any atom is -0.462 e. The van der Waals surface area contributed by atoms with Crippen LogP contribution in [-0.4, -0.2) is 59.4 Å². The Morgan fingerprint density at radius 3 is 2.40 bits per heavy atom. The zero-order valence-electron chi connectivity index (χ0n) is 15.7. The molecule has 10 heteroatoms. The predicted octanol–water partition coefficient (Wildman–Crippen LogP) is 3.60. The Morgan fingerprint density at radius 2 is 1.73 bits per heavy atom. The van der Waals surface area contributed by atoms with Gasteiger partial charge < -0.3 is 19.0 Å². The van der Waals surface area contributed by atoms with Crippen molar-refractivity contribution in [3.63, 3.8) is 0 Å². The number of piperazine rings is 1. The summed E-state index contributed by atoms with van der Waals surface area (Å²) < 4.78 is 34.9. The summed E-state index contributed by atoms with van der Waals surface area (Å²) in [5, 5.41) is 2.29. The highest BCUT2D eigenvalue weighted by Crippen LogP contribution is 2.25. The van der Waals surface area contributed by atoms with Crippen molar-refractivity contribution in [2.24, 2.45) is 0 Å². The average Bonchev–Trinajstić information content (AvgIpc) is 3.45. The highest BCUT2D eigenvalue weighted by Gasteiger charge is 2.28. The van der Waals surface area contributed by atoms with Gasteiger partial charge in [-0.3, -0.25) is 9.59 Å². The van der Waals surface area contributed by atoms with Crippen LogP contribution in [0, 0.1) is 0 Å². The van der Waals surface area contributed by atoms with Crippen LogP contribution in [0.4, 0.5) is 8.78 Å². The minimum absolute atomic E-state index is 0.0696. The lowest BCUT2D eigenvalue weighted by Gasteiger charge is -2.34. The van der Waals surface area contributed by atoms with Gasteiger partial charge in [-0.05, 0) is 24.3 Å². The molecular weight excluding hydrogens is 416 g/mol. The van der Waals surface area contributed by atoms with Crippen molar-refractivity contribution in [2.45, 2.75) is 6.61 Å². The van der Waals surface area contributed by atoms with Crippen LogP contribution in [0.2, 0.25) is 0 Å². The summed E-state index contributed by atoms with van der Waals surface area (Å²) >= 11 is 1.32. The first-order valence-electron chi connectivity index (χ1n) is 9.14. The summed E-state index contributed by atoms with van der Waals surface area (Å²) in [6.07, 6.45) is 1.54. The zero-order chi connectivity index (χ0) is 21.1. The van der Waals surface area contributed by atoms with Gasteiger partial charge in [0.1, 0.15) is 11.4 Å². The van der Waals surface area contributed by atoms with Crippen LogP contribution in [0.15, 0.2) is 52.5 Å². The molecule has 0 aliphatic carbocycles. The topological polar surface area (TPSA) is 75.9 Å². The number of hydrogen-bond acceptors (Lipinski definition) is 6. The standard InChI is InChI=1S/C20H17F2N3O4S/c21-20(22)29-15-5-2-1-4-13(15)18(26)24-7-9-25(10-8-24)19(27)14-12-30-17(23-14)16-6-3-11-28-16/h1-6,11-12,20H,7-10H2. The van der Waals surface area contributed by atoms with Crippen molar-refractivity contribution in [1.82, 2.24) is 14.8 Å². The number of para-hydroxylation sites is 1. The van der Waals surface area contributed by atoms with Gasteiger partial charge in [0.15, 0.2) is 10.8 Å².